The lowest BCUT2D eigenvalue weighted by atomic mass is 10.1. The van der Waals surface area contributed by atoms with Crippen molar-refractivity contribution in [1.29, 1.82) is 0 Å². The van der Waals surface area contributed by atoms with Crippen molar-refractivity contribution in [3.63, 3.8) is 0 Å². The van der Waals surface area contributed by atoms with Gasteiger partial charge < -0.3 is 9.64 Å². The Labute approximate surface area is 86.7 Å². The van der Waals surface area contributed by atoms with Crippen LogP contribution in [0.2, 0.25) is 0 Å². The molecule has 0 saturated heterocycles. The monoisotopic (exact) mass is 199 g/mol. The highest BCUT2D eigenvalue weighted by Gasteiger charge is 2.01. The molecule has 0 aromatic heterocycles. The predicted octanol–water partition coefficient (Wildman–Crippen LogP) is 1.69. The van der Waals surface area contributed by atoms with Crippen LogP contribution in [-0.2, 0) is 9.53 Å². The van der Waals surface area contributed by atoms with Crippen molar-refractivity contribution in [3.8, 4) is 0 Å². The number of rotatable bonds is 7. The Kier molecular flexibility index (Phi) is 7.11. The highest BCUT2D eigenvalue weighted by atomic mass is 16.5. The fourth-order valence-corrected chi connectivity index (χ4v) is 0.951. The van der Waals surface area contributed by atoms with Crippen molar-refractivity contribution in [2.75, 3.05) is 26.7 Å². The van der Waals surface area contributed by atoms with E-state index in [4.69, 9.17) is 4.74 Å². The van der Waals surface area contributed by atoms with Gasteiger partial charge in [0.2, 0.25) is 0 Å². The van der Waals surface area contributed by atoms with Crippen LogP contribution < -0.4 is 0 Å². The maximum atomic E-state index is 10.7. The summed E-state index contributed by atoms with van der Waals surface area (Å²) in [4.78, 5) is 12.9. The first kappa shape index (κ1) is 13.2. The van der Waals surface area contributed by atoms with E-state index in [1.165, 1.54) is 12.5 Å². The minimum absolute atomic E-state index is 0.345. The van der Waals surface area contributed by atoms with Gasteiger partial charge in [0.15, 0.2) is 0 Å². The second-order valence-corrected chi connectivity index (χ2v) is 3.86. The molecule has 0 rings (SSSR count). The van der Waals surface area contributed by atoms with Gasteiger partial charge in [-0.1, -0.05) is 20.4 Å². The lowest BCUT2D eigenvalue weighted by Gasteiger charge is -2.17. The minimum Gasteiger partial charge on any atom is -0.461 e. The standard InChI is InChI=1S/C11H21NO2/c1-5-11(13)14-9-8-12(4)7-6-10(2)3/h5,10H,1,6-9H2,2-4H3. The summed E-state index contributed by atoms with van der Waals surface area (Å²) in [6.07, 6.45) is 2.36. The minimum atomic E-state index is -0.345. The molecule has 0 aliphatic heterocycles. The van der Waals surface area contributed by atoms with E-state index in [0.717, 1.165) is 13.1 Å². The van der Waals surface area contributed by atoms with Crippen LogP contribution >= 0.6 is 0 Å². The van der Waals surface area contributed by atoms with E-state index in [-0.39, 0.29) is 5.97 Å². The van der Waals surface area contributed by atoms with Crippen LogP contribution in [0.15, 0.2) is 12.7 Å². The van der Waals surface area contributed by atoms with Gasteiger partial charge in [0.05, 0.1) is 0 Å². The summed E-state index contributed by atoms with van der Waals surface area (Å²) in [7, 11) is 2.03. The van der Waals surface area contributed by atoms with Gasteiger partial charge >= 0.3 is 5.97 Å². The Morgan fingerprint density at radius 1 is 1.50 bits per heavy atom. The fraction of sp³-hybridized carbons (Fsp3) is 0.727. The molecule has 0 N–H and O–H groups in total. The van der Waals surface area contributed by atoms with Crippen LogP contribution in [0, 0.1) is 5.92 Å². The number of hydrogen-bond acceptors (Lipinski definition) is 3. The summed E-state index contributed by atoms with van der Waals surface area (Å²) in [6, 6.07) is 0. The van der Waals surface area contributed by atoms with E-state index in [1.54, 1.807) is 0 Å². The topological polar surface area (TPSA) is 29.5 Å². The van der Waals surface area contributed by atoms with Crippen molar-refractivity contribution in [2.24, 2.45) is 5.92 Å². The number of carbonyl (C=O) groups is 1. The highest BCUT2D eigenvalue weighted by Crippen LogP contribution is 2.00. The third-order valence-electron chi connectivity index (χ3n) is 1.97. The molecule has 0 aliphatic carbocycles. The van der Waals surface area contributed by atoms with E-state index >= 15 is 0 Å². The summed E-state index contributed by atoms with van der Waals surface area (Å²) in [6.45, 7) is 10.0. The number of carbonyl (C=O) groups excluding carboxylic acids is 1. The van der Waals surface area contributed by atoms with Gasteiger partial charge in [-0.15, -0.1) is 0 Å². The van der Waals surface area contributed by atoms with Gasteiger partial charge in [-0.2, -0.15) is 0 Å². The molecule has 0 aromatic rings. The molecule has 0 aliphatic rings. The molecule has 0 unspecified atom stereocenters. The predicted molar refractivity (Wildman–Crippen MR) is 58.1 cm³/mol. The number of hydrogen-bond donors (Lipinski definition) is 0. The van der Waals surface area contributed by atoms with Gasteiger partial charge in [-0.25, -0.2) is 4.79 Å². The number of ether oxygens (including phenoxy) is 1. The van der Waals surface area contributed by atoms with Gasteiger partial charge in [-0.05, 0) is 25.9 Å². The Balaban J connectivity index is 3.39. The summed E-state index contributed by atoms with van der Waals surface area (Å²) in [5.74, 6) is 0.371. The van der Waals surface area contributed by atoms with Crippen molar-refractivity contribution in [2.45, 2.75) is 20.3 Å². The lowest BCUT2D eigenvalue weighted by molar-refractivity contribution is -0.138. The zero-order valence-corrected chi connectivity index (χ0v) is 9.45. The van der Waals surface area contributed by atoms with E-state index in [2.05, 4.69) is 25.3 Å². The molecule has 0 fully saturated rings. The highest BCUT2D eigenvalue weighted by molar-refractivity contribution is 5.81. The number of esters is 1. The maximum absolute atomic E-state index is 10.7. The van der Waals surface area contributed by atoms with Crippen molar-refractivity contribution < 1.29 is 9.53 Å². The summed E-state index contributed by atoms with van der Waals surface area (Å²) in [5, 5.41) is 0. The summed E-state index contributed by atoms with van der Waals surface area (Å²) < 4.78 is 4.87. The van der Waals surface area contributed by atoms with Gasteiger partial charge in [0.25, 0.3) is 0 Å². The molecule has 0 bridgehead atoms. The molecule has 3 heteroatoms. The van der Waals surface area contributed by atoms with Gasteiger partial charge in [0, 0.05) is 12.6 Å². The molecule has 0 atom stereocenters. The third-order valence-corrected chi connectivity index (χ3v) is 1.97. The molecule has 0 radical (unpaired) electrons. The van der Waals surface area contributed by atoms with E-state index in [0.29, 0.717) is 12.5 Å². The molecular weight excluding hydrogens is 178 g/mol. The number of nitrogens with zero attached hydrogens (tertiary/aromatic N) is 1. The SMILES string of the molecule is C=CC(=O)OCCN(C)CCC(C)C. The van der Waals surface area contributed by atoms with Gasteiger partial charge in [-0.3, -0.25) is 0 Å². The molecular formula is C11H21NO2. The Morgan fingerprint density at radius 2 is 2.14 bits per heavy atom. The molecule has 0 saturated carbocycles. The van der Waals surface area contributed by atoms with Crippen LogP contribution in [0.1, 0.15) is 20.3 Å². The zero-order valence-electron chi connectivity index (χ0n) is 9.45. The van der Waals surface area contributed by atoms with Gasteiger partial charge in [0.1, 0.15) is 6.61 Å². The molecule has 0 amide bonds. The quantitative estimate of drug-likeness (QED) is 0.461. The second-order valence-electron chi connectivity index (χ2n) is 3.86. The zero-order chi connectivity index (χ0) is 11.0. The largest absolute Gasteiger partial charge is 0.461 e. The first-order chi connectivity index (χ1) is 6.56. The van der Waals surface area contributed by atoms with E-state index in [9.17, 15) is 4.79 Å². The molecule has 0 spiro atoms. The average molecular weight is 199 g/mol. The Hall–Kier alpha value is -0.830. The summed E-state index contributed by atoms with van der Waals surface area (Å²) >= 11 is 0. The average Bonchev–Trinajstić information content (AvgIpc) is 2.14. The van der Waals surface area contributed by atoms with Crippen molar-refractivity contribution in [3.05, 3.63) is 12.7 Å². The van der Waals surface area contributed by atoms with Crippen LogP contribution in [0.3, 0.4) is 0 Å². The van der Waals surface area contributed by atoms with E-state index in [1.807, 2.05) is 7.05 Å². The first-order valence-electron chi connectivity index (χ1n) is 5.04. The van der Waals surface area contributed by atoms with Crippen LogP contribution in [0.5, 0.6) is 0 Å². The second kappa shape index (κ2) is 7.56. The maximum Gasteiger partial charge on any atom is 0.330 e. The van der Waals surface area contributed by atoms with Crippen molar-refractivity contribution >= 4 is 5.97 Å². The normalized spacial score (nSPS) is 10.6. The van der Waals surface area contributed by atoms with Crippen LogP contribution in [0.4, 0.5) is 0 Å². The molecule has 82 valence electrons. The third kappa shape index (κ3) is 7.80. The number of likely N-dealkylation sites (N-methyl/N-ethyl adjacent to an activating group) is 1. The first-order valence-corrected chi connectivity index (χ1v) is 5.04. The molecule has 0 heterocycles. The lowest BCUT2D eigenvalue weighted by Crippen LogP contribution is -2.25. The molecule has 14 heavy (non-hydrogen) atoms. The molecule has 0 aromatic carbocycles. The van der Waals surface area contributed by atoms with Crippen molar-refractivity contribution in [1.82, 2.24) is 4.90 Å². The van der Waals surface area contributed by atoms with E-state index < -0.39 is 0 Å². The smallest absolute Gasteiger partial charge is 0.330 e. The fourth-order valence-electron chi connectivity index (χ4n) is 0.951. The Bertz CT molecular complexity index is 178. The summed E-state index contributed by atoms with van der Waals surface area (Å²) in [5.41, 5.74) is 0. The molecule has 3 nitrogen and oxygen atoms in total. The van der Waals surface area contributed by atoms with Crippen LogP contribution in [0.25, 0.3) is 0 Å². The Morgan fingerprint density at radius 3 is 2.64 bits per heavy atom. The van der Waals surface area contributed by atoms with Crippen LogP contribution in [-0.4, -0.2) is 37.6 Å².